The first-order valence-electron chi connectivity index (χ1n) is 8.16. The molecule has 1 unspecified atom stereocenters. The highest BCUT2D eigenvalue weighted by Crippen LogP contribution is 2.18. The van der Waals surface area contributed by atoms with E-state index in [1.54, 1.807) is 12.1 Å². The Balaban J connectivity index is 0.00000312. The number of carbonyl (C=O) groups excluding carboxylic acids is 1. The molecule has 0 aliphatic heterocycles. The molecule has 1 atom stereocenters. The lowest BCUT2D eigenvalue weighted by Gasteiger charge is -2.19. The lowest BCUT2D eigenvalue weighted by atomic mass is 10.0. The van der Waals surface area contributed by atoms with Crippen LogP contribution >= 0.6 is 12.4 Å². The maximum absolute atomic E-state index is 14.4. The van der Waals surface area contributed by atoms with Crippen LogP contribution in [0.4, 0.5) is 4.39 Å². The second-order valence-electron chi connectivity index (χ2n) is 6.54. The first-order valence-corrected chi connectivity index (χ1v) is 8.16. The maximum atomic E-state index is 14.4. The Kier molecular flexibility index (Phi) is 7.58. The number of aryl methyl sites for hydroxylation is 2. The van der Waals surface area contributed by atoms with Crippen molar-refractivity contribution in [2.75, 3.05) is 6.54 Å². The minimum absolute atomic E-state index is 0. The Labute approximate surface area is 154 Å². The van der Waals surface area contributed by atoms with Gasteiger partial charge in [0.05, 0.1) is 5.69 Å². The molecule has 0 fully saturated rings. The standard InChI is InChI=1S/C18H25FN4O.ClH/c1-11(2)7-15(10-20)21-18(24)14-5-6-17(16(19)9-14)23-13(4)8-12(3)22-23;/h5-6,8-9,11,15H,7,10,20H2,1-4H3,(H,21,24);1H. The lowest BCUT2D eigenvalue weighted by Crippen LogP contribution is -2.41. The molecule has 2 aromatic rings. The molecule has 1 amide bonds. The molecule has 138 valence electrons. The zero-order chi connectivity index (χ0) is 17.9. The van der Waals surface area contributed by atoms with Gasteiger partial charge < -0.3 is 11.1 Å². The van der Waals surface area contributed by atoms with Gasteiger partial charge >= 0.3 is 0 Å². The average molecular weight is 369 g/mol. The van der Waals surface area contributed by atoms with Crippen LogP contribution in [0.25, 0.3) is 5.69 Å². The van der Waals surface area contributed by atoms with Gasteiger partial charge in [-0.05, 0) is 50.5 Å². The molecule has 0 aliphatic rings. The fraction of sp³-hybridized carbons (Fsp3) is 0.444. The SMILES string of the molecule is Cc1cc(C)n(-c2ccc(C(=O)NC(CN)CC(C)C)cc2F)n1.Cl. The van der Waals surface area contributed by atoms with E-state index in [0.29, 0.717) is 18.2 Å². The van der Waals surface area contributed by atoms with Crippen LogP contribution in [-0.2, 0) is 0 Å². The monoisotopic (exact) mass is 368 g/mol. The predicted molar refractivity (Wildman–Crippen MR) is 100 cm³/mol. The molecular weight excluding hydrogens is 343 g/mol. The van der Waals surface area contributed by atoms with E-state index in [1.807, 2.05) is 19.9 Å². The van der Waals surface area contributed by atoms with Gasteiger partial charge in [0.1, 0.15) is 11.5 Å². The summed E-state index contributed by atoms with van der Waals surface area (Å²) in [5, 5.41) is 7.13. The Morgan fingerprint density at radius 1 is 1.32 bits per heavy atom. The first-order chi connectivity index (χ1) is 11.3. The normalized spacial score (nSPS) is 12.0. The molecule has 1 aromatic carbocycles. The van der Waals surface area contributed by atoms with Gasteiger partial charge in [-0.15, -0.1) is 12.4 Å². The Morgan fingerprint density at radius 2 is 2.00 bits per heavy atom. The van der Waals surface area contributed by atoms with Crippen LogP contribution in [0.15, 0.2) is 24.3 Å². The summed E-state index contributed by atoms with van der Waals surface area (Å²) in [7, 11) is 0. The number of carbonyl (C=O) groups is 1. The molecule has 0 saturated carbocycles. The maximum Gasteiger partial charge on any atom is 0.251 e. The summed E-state index contributed by atoms with van der Waals surface area (Å²) in [5.74, 6) is -0.379. The van der Waals surface area contributed by atoms with Crippen molar-refractivity contribution in [2.45, 2.75) is 40.2 Å². The lowest BCUT2D eigenvalue weighted by molar-refractivity contribution is 0.0933. The zero-order valence-electron chi connectivity index (χ0n) is 15.0. The van der Waals surface area contributed by atoms with Crippen molar-refractivity contribution in [1.82, 2.24) is 15.1 Å². The van der Waals surface area contributed by atoms with Gasteiger partial charge in [0.2, 0.25) is 0 Å². The van der Waals surface area contributed by atoms with Gasteiger partial charge in [0, 0.05) is 23.8 Å². The predicted octanol–water partition coefficient (Wildman–Crippen LogP) is 3.15. The van der Waals surface area contributed by atoms with Crippen molar-refractivity contribution < 1.29 is 9.18 Å². The molecule has 25 heavy (non-hydrogen) atoms. The topological polar surface area (TPSA) is 72.9 Å². The van der Waals surface area contributed by atoms with Crippen LogP contribution in [0, 0.1) is 25.6 Å². The van der Waals surface area contributed by atoms with E-state index in [0.717, 1.165) is 17.8 Å². The largest absolute Gasteiger partial charge is 0.348 e. The van der Waals surface area contributed by atoms with Gasteiger partial charge in [-0.1, -0.05) is 13.8 Å². The smallest absolute Gasteiger partial charge is 0.251 e. The summed E-state index contributed by atoms with van der Waals surface area (Å²) >= 11 is 0. The number of aromatic nitrogens is 2. The summed E-state index contributed by atoms with van der Waals surface area (Å²) in [6, 6.07) is 6.18. The van der Waals surface area contributed by atoms with Gasteiger partial charge in [0.25, 0.3) is 5.91 Å². The number of amides is 1. The fourth-order valence-electron chi connectivity index (χ4n) is 2.74. The fourth-order valence-corrected chi connectivity index (χ4v) is 2.74. The molecule has 0 bridgehead atoms. The van der Waals surface area contributed by atoms with Crippen LogP contribution in [0.1, 0.15) is 42.0 Å². The molecule has 1 heterocycles. The third-order valence-corrected chi connectivity index (χ3v) is 3.82. The zero-order valence-corrected chi connectivity index (χ0v) is 15.9. The highest BCUT2D eigenvalue weighted by molar-refractivity contribution is 5.94. The van der Waals surface area contributed by atoms with Crippen LogP contribution in [0.5, 0.6) is 0 Å². The van der Waals surface area contributed by atoms with Crippen molar-refractivity contribution in [3.8, 4) is 5.69 Å². The highest BCUT2D eigenvalue weighted by Gasteiger charge is 2.16. The average Bonchev–Trinajstić information content (AvgIpc) is 2.84. The van der Waals surface area contributed by atoms with Crippen molar-refractivity contribution in [3.05, 3.63) is 47.0 Å². The molecule has 0 radical (unpaired) electrons. The minimum Gasteiger partial charge on any atom is -0.348 e. The second-order valence-corrected chi connectivity index (χ2v) is 6.54. The summed E-state index contributed by atoms with van der Waals surface area (Å²) in [6.07, 6.45) is 0.786. The second kappa shape index (κ2) is 8.97. The molecule has 2 rings (SSSR count). The number of hydrogen-bond donors (Lipinski definition) is 2. The molecule has 7 heteroatoms. The van der Waals surface area contributed by atoms with Crippen molar-refractivity contribution in [1.29, 1.82) is 0 Å². The molecule has 0 spiro atoms. The minimum atomic E-state index is -0.484. The molecule has 3 N–H and O–H groups in total. The number of nitrogens with two attached hydrogens (primary N) is 1. The Hall–Kier alpha value is -1.92. The molecule has 0 saturated heterocycles. The van der Waals surface area contributed by atoms with Gasteiger partial charge in [-0.25, -0.2) is 9.07 Å². The van der Waals surface area contributed by atoms with E-state index < -0.39 is 5.82 Å². The van der Waals surface area contributed by atoms with Crippen LogP contribution in [0.3, 0.4) is 0 Å². The highest BCUT2D eigenvalue weighted by atomic mass is 35.5. The first kappa shape index (κ1) is 21.1. The number of nitrogens with one attached hydrogen (secondary N) is 1. The summed E-state index contributed by atoms with van der Waals surface area (Å²) in [6.45, 7) is 8.20. The third-order valence-electron chi connectivity index (χ3n) is 3.82. The number of hydrogen-bond acceptors (Lipinski definition) is 3. The van der Waals surface area contributed by atoms with E-state index in [2.05, 4.69) is 24.3 Å². The van der Waals surface area contributed by atoms with E-state index in [-0.39, 0.29) is 29.9 Å². The van der Waals surface area contributed by atoms with Crippen molar-refractivity contribution >= 4 is 18.3 Å². The van der Waals surface area contributed by atoms with E-state index in [9.17, 15) is 9.18 Å². The van der Waals surface area contributed by atoms with Crippen molar-refractivity contribution in [2.24, 2.45) is 11.7 Å². The molecular formula is C18H26ClFN4O. The van der Waals surface area contributed by atoms with Crippen LogP contribution in [0.2, 0.25) is 0 Å². The summed E-state index contributed by atoms with van der Waals surface area (Å²) in [5.41, 5.74) is 7.95. The summed E-state index contributed by atoms with van der Waals surface area (Å²) in [4.78, 5) is 12.3. The van der Waals surface area contributed by atoms with Gasteiger partial charge in [0.15, 0.2) is 0 Å². The Bertz CT molecular complexity index is 730. The number of nitrogens with zero attached hydrogens (tertiary/aromatic N) is 2. The van der Waals surface area contributed by atoms with E-state index in [1.165, 1.54) is 10.7 Å². The third kappa shape index (κ3) is 5.28. The molecule has 0 aliphatic carbocycles. The Morgan fingerprint density at radius 3 is 2.48 bits per heavy atom. The van der Waals surface area contributed by atoms with E-state index >= 15 is 0 Å². The number of halogens is 2. The van der Waals surface area contributed by atoms with Gasteiger partial charge in [-0.2, -0.15) is 5.10 Å². The number of benzene rings is 1. The van der Waals surface area contributed by atoms with Crippen molar-refractivity contribution in [3.63, 3.8) is 0 Å². The van der Waals surface area contributed by atoms with Gasteiger partial charge in [-0.3, -0.25) is 4.79 Å². The van der Waals surface area contributed by atoms with Crippen LogP contribution in [-0.4, -0.2) is 28.3 Å². The molecule has 5 nitrogen and oxygen atoms in total. The molecule has 1 aromatic heterocycles. The quantitative estimate of drug-likeness (QED) is 0.822. The summed E-state index contributed by atoms with van der Waals surface area (Å²) < 4.78 is 16.0. The number of rotatable bonds is 6. The van der Waals surface area contributed by atoms with Crippen LogP contribution < -0.4 is 11.1 Å². The van der Waals surface area contributed by atoms with E-state index in [4.69, 9.17) is 5.73 Å².